The molecular formula is C34H40N3O4P. The van der Waals surface area contributed by atoms with E-state index in [1.54, 1.807) is 0 Å². The highest BCUT2D eigenvalue weighted by molar-refractivity contribution is 7.09. The first kappa shape index (κ1) is 29.0. The molecule has 7 nitrogen and oxygen atoms in total. The number of aromatic nitrogens is 2. The Kier molecular flexibility index (Phi) is 8.19. The normalized spacial score (nSPS) is 16.4. The number of nitrogens with zero attached hydrogens (tertiary/aromatic N) is 2. The van der Waals surface area contributed by atoms with Crippen LogP contribution in [-0.4, -0.2) is 34.7 Å². The van der Waals surface area contributed by atoms with Gasteiger partial charge in [-0.15, -0.1) is 0 Å². The Morgan fingerprint density at radius 2 is 1.95 bits per heavy atom. The van der Waals surface area contributed by atoms with Gasteiger partial charge in [-0.1, -0.05) is 19.3 Å². The van der Waals surface area contributed by atoms with Crippen molar-refractivity contribution in [2.45, 2.75) is 77.9 Å². The van der Waals surface area contributed by atoms with Crippen LogP contribution in [0.4, 0.5) is 5.82 Å². The molecule has 2 aliphatic rings. The molecule has 1 fully saturated rings. The molecule has 4 aromatic rings. The lowest BCUT2D eigenvalue weighted by molar-refractivity contribution is -0.120. The van der Waals surface area contributed by atoms with Crippen molar-refractivity contribution in [3.63, 3.8) is 0 Å². The largest absolute Gasteiger partial charge is 0.493 e. The Balaban J connectivity index is 1.55. The van der Waals surface area contributed by atoms with E-state index in [2.05, 4.69) is 72.8 Å². The van der Waals surface area contributed by atoms with Gasteiger partial charge in [0.2, 0.25) is 5.91 Å². The summed E-state index contributed by atoms with van der Waals surface area (Å²) in [4.78, 5) is 22.9. The number of rotatable bonds is 7. The van der Waals surface area contributed by atoms with Gasteiger partial charge >= 0.3 is 0 Å². The number of hydrogen-bond acceptors (Lipinski definition) is 6. The van der Waals surface area contributed by atoms with Crippen molar-refractivity contribution in [1.82, 2.24) is 9.97 Å². The second-order valence-electron chi connectivity index (χ2n) is 12.5. The Morgan fingerprint density at radius 1 is 1.14 bits per heavy atom. The standard InChI is InChI=1S/C34H40N3O4P/c1-20-18-25-23(11-13-28(36-25)37-33(38)22-8-6-5-7-9-22)31(29(20)27(19-40-42)41-34(2,3)4)24-10-12-26-30-21(15-17-39-26)14-16-35-32(24)30/h10-14,16,18,22,27H,5-9,15,17,19,42H2,1-4H3,(H,36,37,38)/t27-/m1/s1. The number of pyridine rings is 2. The zero-order valence-corrected chi connectivity index (χ0v) is 26.1. The van der Waals surface area contributed by atoms with Crippen LogP contribution in [0.1, 0.15) is 75.7 Å². The van der Waals surface area contributed by atoms with Gasteiger partial charge in [-0.25, -0.2) is 4.98 Å². The third-order valence-electron chi connectivity index (χ3n) is 8.37. The number of carbonyl (C=O) groups excluding carboxylic acids is 1. The molecule has 220 valence electrons. The van der Waals surface area contributed by atoms with E-state index in [9.17, 15) is 4.79 Å². The van der Waals surface area contributed by atoms with Gasteiger partial charge in [0.1, 0.15) is 17.7 Å². The lowest BCUT2D eigenvalue weighted by Crippen LogP contribution is -2.26. The maximum absolute atomic E-state index is 13.0. The summed E-state index contributed by atoms with van der Waals surface area (Å²) in [6, 6.07) is 12.3. The number of hydrogen-bond donors (Lipinski definition) is 1. The molecular weight excluding hydrogens is 545 g/mol. The molecule has 2 atom stereocenters. The van der Waals surface area contributed by atoms with Gasteiger partial charge in [0.05, 0.1) is 29.8 Å². The predicted molar refractivity (Wildman–Crippen MR) is 171 cm³/mol. The average Bonchev–Trinajstić information content (AvgIpc) is 2.97. The topological polar surface area (TPSA) is 82.6 Å². The third-order valence-corrected chi connectivity index (χ3v) is 8.57. The zero-order chi connectivity index (χ0) is 29.4. The fourth-order valence-electron chi connectivity index (χ4n) is 6.58. The van der Waals surface area contributed by atoms with Gasteiger partial charge in [0.15, 0.2) is 0 Å². The molecule has 0 spiro atoms. The minimum atomic E-state index is -0.399. The maximum Gasteiger partial charge on any atom is 0.228 e. The number of amides is 1. The summed E-state index contributed by atoms with van der Waals surface area (Å²) < 4.78 is 18.3. The molecule has 1 unspecified atom stereocenters. The minimum absolute atomic E-state index is 0.0593. The lowest BCUT2D eigenvalue weighted by atomic mass is 9.86. The number of nitrogens with one attached hydrogen (secondary N) is 1. The van der Waals surface area contributed by atoms with Gasteiger partial charge in [-0.2, -0.15) is 0 Å². The van der Waals surface area contributed by atoms with Crippen molar-refractivity contribution >= 4 is 43.0 Å². The Labute approximate surface area is 250 Å². The second-order valence-corrected chi connectivity index (χ2v) is 12.9. The lowest BCUT2D eigenvalue weighted by Gasteiger charge is -2.31. The first-order valence-corrected chi connectivity index (χ1v) is 15.5. The SMILES string of the molecule is Cc1cc2nc(NC(=O)C3CCCCC3)ccc2c(-c2ccc3c4c(ccnc24)CCO3)c1[C@@H](COP)OC(C)(C)C. The van der Waals surface area contributed by atoms with Gasteiger partial charge in [0, 0.05) is 44.3 Å². The monoisotopic (exact) mass is 585 g/mol. The number of carbonyl (C=O) groups is 1. The highest BCUT2D eigenvalue weighted by atomic mass is 31.0. The molecule has 3 heterocycles. The fourth-order valence-corrected chi connectivity index (χ4v) is 6.76. The quantitative estimate of drug-likeness (QED) is 0.222. The summed E-state index contributed by atoms with van der Waals surface area (Å²) in [6.07, 6.45) is 7.72. The minimum Gasteiger partial charge on any atom is -0.493 e. The van der Waals surface area contributed by atoms with Crippen LogP contribution in [-0.2, 0) is 20.5 Å². The highest BCUT2D eigenvalue weighted by Crippen LogP contribution is 2.45. The van der Waals surface area contributed by atoms with Gasteiger partial charge in [-0.05, 0) is 99.2 Å². The number of ether oxygens (including phenoxy) is 2. The summed E-state index contributed by atoms with van der Waals surface area (Å²) >= 11 is 0. The third kappa shape index (κ3) is 5.75. The smallest absolute Gasteiger partial charge is 0.228 e. The molecule has 1 aliphatic carbocycles. The van der Waals surface area contributed by atoms with E-state index in [1.807, 2.05) is 12.3 Å². The van der Waals surface area contributed by atoms with Crippen molar-refractivity contribution in [3.8, 4) is 16.9 Å². The molecule has 1 saturated carbocycles. The summed E-state index contributed by atoms with van der Waals surface area (Å²) in [5.41, 5.74) is 6.64. The molecule has 6 rings (SSSR count). The molecule has 1 N–H and O–H groups in total. The number of fused-ring (bicyclic) bond motifs is 1. The van der Waals surface area contributed by atoms with Crippen molar-refractivity contribution in [1.29, 1.82) is 0 Å². The van der Waals surface area contributed by atoms with Crippen LogP contribution in [0.5, 0.6) is 5.75 Å². The molecule has 2 aromatic heterocycles. The van der Waals surface area contributed by atoms with Crippen molar-refractivity contribution in [3.05, 3.63) is 59.3 Å². The van der Waals surface area contributed by atoms with E-state index in [4.69, 9.17) is 24.0 Å². The second kappa shape index (κ2) is 11.9. The summed E-state index contributed by atoms with van der Waals surface area (Å²) in [6.45, 7) is 9.30. The molecule has 0 saturated heterocycles. The Bertz CT molecular complexity index is 1630. The van der Waals surface area contributed by atoms with Crippen LogP contribution in [0.3, 0.4) is 0 Å². The Morgan fingerprint density at radius 3 is 2.71 bits per heavy atom. The molecule has 2 aromatic carbocycles. The van der Waals surface area contributed by atoms with Crippen LogP contribution in [0.25, 0.3) is 32.9 Å². The molecule has 0 radical (unpaired) electrons. The average molecular weight is 586 g/mol. The summed E-state index contributed by atoms with van der Waals surface area (Å²) in [5, 5.41) is 5.13. The highest BCUT2D eigenvalue weighted by Gasteiger charge is 2.29. The van der Waals surface area contributed by atoms with Gasteiger partial charge < -0.3 is 19.3 Å². The van der Waals surface area contributed by atoms with Gasteiger partial charge in [-0.3, -0.25) is 9.78 Å². The summed E-state index contributed by atoms with van der Waals surface area (Å²) in [7, 11) is 2.37. The first-order valence-electron chi connectivity index (χ1n) is 15.0. The molecule has 1 amide bonds. The number of anilines is 1. The van der Waals surface area contributed by atoms with Crippen LogP contribution < -0.4 is 10.1 Å². The maximum atomic E-state index is 13.0. The van der Waals surface area contributed by atoms with Crippen molar-refractivity contribution in [2.75, 3.05) is 18.5 Å². The number of aryl methyl sites for hydroxylation is 1. The first-order chi connectivity index (χ1) is 20.2. The van der Waals surface area contributed by atoms with E-state index in [1.165, 1.54) is 12.0 Å². The molecule has 8 heteroatoms. The van der Waals surface area contributed by atoms with E-state index in [0.717, 1.165) is 81.9 Å². The van der Waals surface area contributed by atoms with E-state index >= 15 is 0 Å². The van der Waals surface area contributed by atoms with Crippen molar-refractivity contribution in [2.24, 2.45) is 5.92 Å². The molecule has 1 aliphatic heterocycles. The van der Waals surface area contributed by atoms with Crippen LogP contribution in [0.2, 0.25) is 0 Å². The predicted octanol–water partition coefficient (Wildman–Crippen LogP) is 7.88. The van der Waals surface area contributed by atoms with E-state index in [-0.39, 0.29) is 17.9 Å². The van der Waals surface area contributed by atoms with Crippen LogP contribution in [0.15, 0.2) is 42.6 Å². The fraction of sp³-hybridized carbons (Fsp3) is 0.441. The van der Waals surface area contributed by atoms with E-state index < -0.39 is 5.60 Å². The van der Waals surface area contributed by atoms with Gasteiger partial charge in [0.25, 0.3) is 0 Å². The van der Waals surface area contributed by atoms with Crippen LogP contribution in [0, 0.1) is 12.8 Å². The number of benzene rings is 2. The van der Waals surface area contributed by atoms with Crippen molar-refractivity contribution < 1.29 is 18.8 Å². The van der Waals surface area contributed by atoms with Crippen LogP contribution >= 0.6 is 9.47 Å². The van der Waals surface area contributed by atoms with E-state index in [0.29, 0.717) is 19.0 Å². The Hall–Kier alpha value is -3.12. The summed E-state index contributed by atoms with van der Waals surface area (Å²) in [5.74, 6) is 1.57. The molecule has 0 bridgehead atoms. The zero-order valence-electron chi connectivity index (χ0n) is 25.0. The molecule has 42 heavy (non-hydrogen) atoms.